The average Bonchev–Trinajstić information content (AvgIpc) is 2.16. The summed E-state index contributed by atoms with van der Waals surface area (Å²) in [5, 5.41) is 0. The van der Waals surface area contributed by atoms with E-state index in [0.29, 0.717) is 12.1 Å². The van der Waals surface area contributed by atoms with Gasteiger partial charge in [-0.3, -0.25) is 0 Å². The number of nitrogens with two attached hydrogens (primary N) is 1. The fourth-order valence-corrected chi connectivity index (χ4v) is 1.24. The van der Waals surface area contributed by atoms with Crippen molar-refractivity contribution in [3.63, 3.8) is 0 Å². The quantitative estimate of drug-likeness (QED) is 0.614. The zero-order valence-corrected chi connectivity index (χ0v) is 8.18. The minimum Gasteiger partial charge on any atom is -0.323 e. The molecule has 0 amide bonds. The Balaban J connectivity index is 3.15. The number of benzene rings is 1. The van der Waals surface area contributed by atoms with Gasteiger partial charge in [0, 0.05) is 18.0 Å². The molecule has 0 heterocycles. The van der Waals surface area contributed by atoms with E-state index in [-0.39, 0.29) is 12.0 Å². The van der Waals surface area contributed by atoms with E-state index in [9.17, 15) is 17.6 Å². The highest BCUT2D eigenvalue weighted by molar-refractivity contribution is 5.30. The second-order valence-electron chi connectivity index (χ2n) is 3.25. The summed E-state index contributed by atoms with van der Waals surface area (Å²) >= 11 is 0. The van der Waals surface area contributed by atoms with E-state index in [1.54, 1.807) is 0 Å². The van der Waals surface area contributed by atoms with Crippen molar-refractivity contribution in [3.05, 3.63) is 35.1 Å². The van der Waals surface area contributed by atoms with Gasteiger partial charge < -0.3 is 5.73 Å². The molecule has 1 rings (SSSR count). The molecule has 0 fully saturated rings. The number of hydrogen-bond donors (Lipinski definition) is 1. The first kappa shape index (κ1) is 12.5. The number of alkyl halides is 3. The predicted molar refractivity (Wildman–Crippen MR) is 51.8 cm³/mol. The minimum atomic E-state index is -4.52. The van der Waals surface area contributed by atoms with Crippen molar-refractivity contribution < 1.29 is 17.6 Å². The molecule has 1 atom stereocenters. The van der Waals surface area contributed by atoms with E-state index in [1.807, 2.05) is 0 Å². The van der Waals surface area contributed by atoms with Crippen LogP contribution < -0.4 is 5.73 Å². The van der Waals surface area contributed by atoms with Gasteiger partial charge in [0.05, 0.1) is 5.56 Å². The van der Waals surface area contributed by atoms with Gasteiger partial charge in [0.15, 0.2) is 0 Å². The van der Waals surface area contributed by atoms with Crippen molar-refractivity contribution in [2.24, 2.45) is 5.73 Å². The van der Waals surface area contributed by atoms with Gasteiger partial charge in [-0.25, -0.2) is 4.39 Å². The van der Waals surface area contributed by atoms with Crippen LogP contribution in [-0.2, 0) is 6.18 Å². The maximum atomic E-state index is 13.2. The molecule has 0 saturated heterocycles. The molecule has 5 heteroatoms. The highest BCUT2D eigenvalue weighted by Gasteiger charge is 2.31. The molecule has 16 heavy (non-hydrogen) atoms. The smallest absolute Gasteiger partial charge is 0.323 e. The van der Waals surface area contributed by atoms with Crippen LogP contribution in [0.25, 0.3) is 0 Å². The fourth-order valence-electron chi connectivity index (χ4n) is 1.24. The highest BCUT2D eigenvalue weighted by Crippen LogP contribution is 2.31. The summed E-state index contributed by atoms with van der Waals surface area (Å²) in [6, 6.07) is 1.18. The van der Waals surface area contributed by atoms with Crippen LogP contribution in [0.1, 0.15) is 23.6 Å². The largest absolute Gasteiger partial charge is 0.416 e. The summed E-state index contributed by atoms with van der Waals surface area (Å²) in [4.78, 5) is 0. The van der Waals surface area contributed by atoms with E-state index in [1.165, 1.54) is 0 Å². The maximum absolute atomic E-state index is 13.2. The number of terminal acetylenes is 1. The van der Waals surface area contributed by atoms with Gasteiger partial charge in [0.1, 0.15) is 5.82 Å². The Kier molecular flexibility index (Phi) is 3.55. The van der Waals surface area contributed by atoms with Crippen molar-refractivity contribution in [3.8, 4) is 12.3 Å². The van der Waals surface area contributed by atoms with E-state index in [4.69, 9.17) is 12.2 Å². The van der Waals surface area contributed by atoms with Crippen LogP contribution in [0.4, 0.5) is 17.6 Å². The second-order valence-corrected chi connectivity index (χ2v) is 3.25. The topological polar surface area (TPSA) is 26.0 Å². The Morgan fingerprint density at radius 3 is 2.50 bits per heavy atom. The average molecular weight is 231 g/mol. The highest BCUT2D eigenvalue weighted by atomic mass is 19.4. The van der Waals surface area contributed by atoms with Crippen molar-refractivity contribution in [1.82, 2.24) is 0 Å². The molecule has 0 bridgehead atoms. The van der Waals surface area contributed by atoms with Crippen molar-refractivity contribution >= 4 is 0 Å². The van der Waals surface area contributed by atoms with E-state index < -0.39 is 23.6 Å². The van der Waals surface area contributed by atoms with E-state index in [2.05, 4.69) is 5.92 Å². The van der Waals surface area contributed by atoms with Crippen molar-refractivity contribution in [2.75, 3.05) is 0 Å². The van der Waals surface area contributed by atoms with Crippen molar-refractivity contribution in [1.29, 1.82) is 0 Å². The van der Waals surface area contributed by atoms with Gasteiger partial charge in [-0.05, 0) is 18.2 Å². The third kappa shape index (κ3) is 2.74. The standard InChI is InChI=1S/C11H9F4N/c1-2-3-10(16)8-6-7(11(13,14)15)4-5-9(8)12/h1,4-6,10H,3,16H2. The van der Waals surface area contributed by atoms with Gasteiger partial charge in [-0.2, -0.15) is 13.2 Å². The van der Waals surface area contributed by atoms with Crippen LogP contribution in [0, 0.1) is 18.2 Å². The summed E-state index contributed by atoms with van der Waals surface area (Å²) in [6.45, 7) is 0. The zero-order chi connectivity index (χ0) is 12.3. The Labute approximate surface area is 90.3 Å². The Morgan fingerprint density at radius 2 is 2.00 bits per heavy atom. The molecule has 86 valence electrons. The zero-order valence-electron chi connectivity index (χ0n) is 8.18. The molecular formula is C11H9F4N. The third-order valence-electron chi connectivity index (χ3n) is 2.06. The fraction of sp³-hybridized carbons (Fsp3) is 0.273. The Bertz CT molecular complexity index is 417. The first-order valence-corrected chi connectivity index (χ1v) is 4.42. The molecule has 0 aliphatic rings. The van der Waals surface area contributed by atoms with Crippen LogP contribution in [0.2, 0.25) is 0 Å². The van der Waals surface area contributed by atoms with Gasteiger partial charge in [-0.1, -0.05) is 0 Å². The van der Waals surface area contributed by atoms with Gasteiger partial charge >= 0.3 is 6.18 Å². The molecule has 0 saturated carbocycles. The summed E-state index contributed by atoms with van der Waals surface area (Å²) < 4.78 is 50.3. The third-order valence-corrected chi connectivity index (χ3v) is 2.06. The SMILES string of the molecule is C#CCC(N)c1cc(C(F)(F)F)ccc1F. The summed E-state index contributed by atoms with van der Waals surface area (Å²) in [7, 11) is 0. The Hall–Kier alpha value is -1.54. The first-order chi connectivity index (χ1) is 7.36. The molecule has 0 spiro atoms. The lowest BCUT2D eigenvalue weighted by molar-refractivity contribution is -0.137. The van der Waals surface area contributed by atoms with Gasteiger partial charge in [-0.15, -0.1) is 12.3 Å². The van der Waals surface area contributed by atoms with Crippen LogP contribution in [0.5, 0.6) is 0 Å². The summed E-state index contributed by atoms with van der Waals surface area (Å²) in [6.07, 6.45) is 0.435. The van der Waals surface area contributed by atoms with E-state index >= 15 is 0 Å². The summed E-state index contributed by atoms with van der Waals surface area (Å²) in [5.41, 5.74) is 4.32. The minimum absolute atomic E-state index is 0.0156. The molecule has 0 aliphatic heterocycles. The van der Waals surface area contributed by atoms with Crippen LogP contribution in [0.15, 0.2) is 18.2 Å². The van der Waals surface area contributed by atoms with E-state index in [0.717, 1.165) is 6.07 Å². The molecule has 1 aromatic rings. The lowest BCUT2D eigenvalue weighted by Crippen LogP contribution is -2.14. The predicted octanol–water partition coefficient (Wildman–Crippen LogP) is 2.87. The van der Waals surface area contributed by atoms with Crippen LogP contribution in [0.3, 0.4) is 0 Å². The molecule has 2 N–H and O–H groups in total. The molecule has 1 aromatic carbocycles. The molecule has 0 radical (unpaired) electrons. The monoisotopic (exact) mass is 231 g/mol. The van der Waals surface area contributed by atoms with Gasteiger partial charge in [0.25, 0.3) is 0 Å². The molecule has 1 nitrogen and oxygen atoms in total. The van der Waals surface area contributed by atoms with Crippen LogP contribution in [-0.4, -0.2) is 0 Å². The molecule has 0 aliphatic carbocycles. The summed E-state index contributed by atoms with van der Waals surface area (Å²) in [5.74, 6) is 1.40. The van der Waals surface area contributed by atoms with Crippen molar-refractivity contribution in [2.45, 2.75) is 18.6 Å². The Morgan fingerprint density at radius 1 is 1.38 bits per heavy atom. The van der Waals surface area contributed by atoms with Crippen LogP contribution >= 0.6 is 0 Å². The number of halogens is 4. The molecule has 1 unspecified atom stereocenters. The van der Waals surface area contributed by atoms with Gasteiger partial charge in [0.2, 0.25) is 0 Å². The number of rotatable bonds is 2. The normalized spacial score (nSPS) is 13.2. The first-order valence-electron chi connectivity index (χ1n) is 4.42. The second kappa shape index (κ2) is 4.54. The molecular weight excluding hydrogens is 222 g/mol. The molecule has 0 aromatic heterocycles. The number of hydrogen-bond acceptors (Lipinski definition) is 1. The lowest BCUT2D eigenvalue weighted by atomic mass is 10.0. The lowest BCUT2D eigenvalue weighted by Gasteiger charge is -2.13. The maximum Gasteiger partial charge on any atom is 0.416 e.